The molecule has 84 valence electrons. The van der Waals surface area contributed by atoms with E-state index in [9.17, 15) is 0 Å². The summed E-state index contributed by atoms with van der Waals surface area (Å²) in [6.07, 6.45) is 2.84. The van der Waals surface area contributed by atoms with Crippen LogP contribution in [0.3, 0.4) is 0 Å². The van der Waals surface area contributed by atoms with Crippen molar-refractivity contribution in [2.45, 2.75) is 46.2 Å². The van der Waals surface area contributed by atoms with Gasteiger partial charge in [0.15, 0.2) is 0 Å². The number of aromatic amines is 1. The van der Waals surface area contributed by atoms with Gasteiger partial charge in [-0.05, 0) is 45.6 Å². The molecule has 3 heteroatoms. The lowest BCUT2D eigenvalue weighted by Crippen LogP contribution is -2.32. The highest BCUT2D eigenvalue weighted by atomic mass is 15.2. The van der Waals surface area contributed by atoms with Crippen molar-refractivity contribution in [3.8, 4) is 0 Å². The van der Waals surface area contributed by atoms with E-state index in [0.717, 1.165) is 18.2 Å². The highest BCUT2D eigenvalue weighted by Crippen LogP contribution is 2.30. The molecule has 3 nitrogen and oxygen atoms in total. The maximum absolute atomic E-state index is 4.30. The molecule has 0 amide bonds. The van der Waals surface area contributed by atoms with Crippen LogP contribution in [-0.4, -0.2) is 27.7 Å². The highest BCUT2D eigenvalue weighted by Gasteiger charge is 2.25. The van der Waals surface area contributed by atoms with Crippen LogP contribution in [0.4, 0.5) is 0 Å². The number of hydrogen-bond acceptors (Lipinski definition) is 2. The Morgan fingerprint density at radius 1 is 1.53 bits per heavy atom. The molecule has 1 heterocycles. The van der Waals surface area contributed by atoms with E-state index in [1.54, 1.807) is 0 Å². The molecular weight excluding hydrogens is 186 g/mol. The number of nitrogens with zero attached hydrogens (tertiary/aromatic N) is 2. The largest absolute Gasteiger partial charge is 0.295 e. The smallest absolute Gasteiger partial charge is 0.0765 e. The summed E-state index contributed by atoms with van der Waals surface area (Å²) in [4.78, 5) is 2.52. The van der Waals surface area contributed by atoms with Gasteiger partial charge >= 0.3 is 0 Å². The number of aromatic nitrogens is 2. The third-order valence-corrected chi connectivity index (χ3v) is 3.04. The van der Waals surface area contributed by atoms with E-state index in [-0.39, 0.29) is 0 Å². The Labute approximate surface area is 91.9 Å². The zero-order valence-corrected chi connectivity index (χ0v) is 9.95. The maximum atomic E-state index is 4.30. The van der Waals surface area contributed by atoms with Gasteiger partial charge in [-0.15, -0.1) is 0 Å². The van der Waals surface area contributed by atoms with Gasteiger partial charge in [0.2, 0.25) is 0 Å². The van der Waals surface area contributed by atoms with Crippen LogP contribution in [0.2, 0.25) is 0 Å². The van der Waals surface area contributed by atoms with Crippen molar-refractivity contribution >= 4 is 0 Å². The molecule has 0 radical (unpaired) electrons. The van der Waals surface area contributed by atoms with Gasteiger partial charge in [-0.2, -0.15) is 5.10 Å². The van der Waals surface area contributed by atoms with Crippen molar-refractivity contribution in [2.75, 3.05) is 6.54 Å². The van der Waals surface area contributed by atoms with Crippen LogP contribution in [0, 0.1) is 12.8 Å². The predicted molar refractivity (Wildman–Crippen MR) is 61.6 cm³/mol. The molecule has 0 spiro atoms. The Morgan fingerprint density at radius 3 is 2.73 bits per heavy atom. The van der Waals surface area contributed by atoms with Crippen LogP contribution in [0.1, 0.15) is 38.1 Å². The fourth-order valence-electron chi connectivity index (χ4n) is 1.85. The molecule has 2 rings (SSSR count). The van der Waals surface area contributed by atoms with Crippen molar-refractivity contribution in [2.24, 2.45) is 5.92 Å². The second kappa shape index (κ2) is 4.35. The average Bonchev–Trinajstić information content (AvgIpc) is 2.89. The van der Waals surface area contributed by atoms with Crippen molar-refractivity contribution in [1.82, 2.24) is 15.1 Å². The van der Waals surface area contributed by atoms with E-state index in [4.69, 9.17) is 0 Å². The van der Waals surface area contributed by atoms with E-state index >= 15 is 0 Å². The minimum absolute atomic E-state index is 0.614. The van der Waals surface area contributed by atoms with Crippen LogP contribution in [0.25, 0.3) is 0 Å². The molecule has 1 aliphatic rings. The topological polar surface area (TPSA) is 31.9 Å². The molecular formula is C12H21N3. The third-order valence-electron chi connectivity index (χ3n) is 3.04. The quantitative estimate of drug-likeness (QED) is 0.803. The summed E-state index contributed by atoms with van der Waals surface area (Å²) >= 11 is 0. The minimum atomic E-state index is 0.614. The molecule has 0 saturated heterocycles. The molecule has 0 aliphatic heterocycles. The van der Waals surface area contributed by atoms with E-state index in [0.29, 0.717) is 6.04 Å². The normalized spacial score (nSPS) is 16.6. The van der Waals surface area contributed by atoms with E-state index in [1.807, 2.05) is 0 Å². The Balaban J connectivity index is 1.92. The lowest BCUT2D eigenvalue weighted by Gasteiger charge is -2.25. The monoisotopic (exact) mass is 207 g/mol. The molecule has 1 N–H and O–H groups in total. The van der Waals surface area contributed by atoms with Crippen LogP contribution < -0.4 is 0 Å². The van der Waals surface area contributed by atoms with E-state index < -0.39 is 0 Å². The van der Waals surface area contributed by atoms with Crippen LogP contribution in [-0.2, 0) is 6.54 Å². The van der Waals surface area contributed by atoms with Gasteiger partial charge in [-0.25, -0.2) is 0 Å². The first kappa shape index (κ1) is 10.7. The van der Waals surface area contributed by atoms with Crippen LogP contribution in [0.5, 0.6) is 0 Å². The number of hydrogen-bond donors (Lipinski definition) is 1. The molecule has 1 saturated carbocycles. The van der Waals surface area contributed by atoms with Gasteiger partial charge in [0.05, 0.1) is 5.69 Å². The van der Waals surface area contributed by atoms with Gasteiger partial charge in [0.1, 0.15) is 0 Å². The fraction of sp³-hybridized carbons (Fsp3) is 0.750. The predicted octanol–water partition coefficient (Wildman–Crippen LogP) is 2.34. The maximum Gasteiger partial charge on any atom is 0.0765 e. The van der Waals surface area contributed by atoms with Gasteiger partial charge in [0, 0.05) is 24.8 Å². The van der Waals surface area contributed by atoms with Crippen LogP contribution in [0.15, 0.2) is 6.07 Å². The number of aryl methyl sites for hydroxylation is 1. The zero-order chi connectivity index (χ0) is 10.8. The number of rotatable bonds is 5. The molecule has 15 heavy (non-hydrogen) atoms. The first-order chi connectivity index (χ1) is 7.15. The molecule has 0 unspecified atom stereocenters. The Kier molecular flexibility index (Phi) is 3.10. The number of H-pyrrole nitrogens is 1. The molecule has 1 aromatic rings. The molecule has 1 aromatic heterocycles. The summed E-state index contributed by atoms with van der Waals surface area (Å²) in [5.74, 6) is 0.951. The summed E-state index contributed by atoms with van der Waals surface area (Å²) in [6.45, 7) is 8.81. The lowest BCUT2D eigenvalue weighted by atomic mass is 10.2. The Hall–Kier alpha value is -0.830. The van der Waals surface area contributed by atoms with Crippen molar-refractivity contribution in [3.63, 3.8) is 0 Å². The molecule has 0 atom stereocenters. The van der Waals surface area contributed by atoms with Gasteiger partial charge in [0.25, 0.3) is 0 Å². The summed E-state index contributed by atoms with van der Waals surface area (Å²) in [5.41, 5.74) is 2.32. The molecule has 0 aromatic carbocycles. The Morgan fingerprint density at radius 2 is 2.27 bits per heavy atom. The highest BCUT2D eigenvalue weighted by molar-refractivity contribution is 5.06. The lowest BCUT2D eigenvalue weighted by molar-refractivity contribution is 0.201. The van der Waals surface area contributed by atoms with Gasteiger partial charge in [-0.3, -0.25) is 10.00 Å². The van der Waals surface area contributed by atoms with Gasteiger partial charge in [-0.1, -0.05) is 0 Å². The third kappa shape index (κ3) is 3.06. The summed E-state index contributed by atoms with van der Waals surface area (Å²) in [7, 11) is 0. The van der Waals surface area contributed by atoms with E-state index in [1.165, 1.54) is 25.1 Å². The zero-order valence-electron chi connectivity index (χ0n) is 9.95. The standard InChI is InChI=1S/C12H21N3/c1-9(2)15(7-11-4-5-11)8-12-6-10(3)13-14-12/h6,9,11H,4-5,7-8H2,1-3H3,(H,13,14). The summed E-state index contributed by atoms with van der Waals surface area (Å²) < 4.78 is 0. The average molecular weight is 207 g/mol. The van der Waals surface area contributed by atoms with E-state index in [2.05, 4.69) is 41.9 Å². The number of nitrogens with one attached hydrogen (secondary N) is 1. The summed E-state index contributed by atoms with van der Waals surface area (Å²) in [6, 6.07) is 2.75. The first-order valence-electron chi connectivity index (χ1n) is 5.90. The first-order valence-corrected chi connectivity index (χ1v) is 5.90. The molecule has 1 fully saturated rings. The molecule has 1 aliphatic carbocycles. The second-order valence-electron chi connectivity index (χ2n) is 5.01. The second-order valence-corrected chi connectivity index (χ2v) is 5.01. The van der Waals surface area contributed by atoms with Gasteiger partial charge < -0.3 is 0 Å². The SMILES string of the molecule is Cc1cc(CN(CC2CC2)C(C)C)n[nH]1. The minimum Gasteiger partial charge on any atom is -0.295 e. The fourth-order valence-corrected chi connectivity index (χ4v) is 1.85. The van der Waals surface area contributed by atoms with Crippen LogP contribution >= 0.6 is 0 Å². The van der Waals surface area contributed by atoms with Crippen molar-refractivity contribution in [3.05, 3.63) is 17.5 Å². The van der Waals surface area contributed by atoms with Crippen molar-refractivity contribution < 1.29 is 0 Å². The Bertz CT molecular complexity index is 312. The van der Waals surface area contributed by atoms with Crippen molar-refractivity contribution in [1.29, 1.82) is 0 Å². The summed E-state index contributed by atoms with van der Waals surface area (Å²) in [5, 5.41) is 7.30. The molecule has 0 bridgehead atoms.